The van der Waals surface area contributed by atoms with Crippen LogP contribution in [0.2, 0.25) is 0 Å². The minimum atomic E-state index is -0.258. The van der Waals surface area contributed by atoms with Gasteiger partial charge in [-0.05, 0) is 43.4 Å². The van der Waals surface area contributed by atoms with Crippen LogP contribution in [0.25, 0.3) is 11.1 Å². The number of nitrogens with one attached hydrogen (secondary N) is 1. The molecule has 0 bridgehead atoms. The highest BCUT2D eigenvalue weighted by Crippen LogP contribution is 2.24. The fourth-order valence-corrected chi connectivity index (χ4v) is 4.04. The summed E-state index contributed by atoms with van der Waals surface area (Å²) in [4.78, 5) is 23.7. The summed E-state index contributed by atoms with van der Waals surface area (Å²) < 4.78 is 13.1. The van der Waals surface area contributed by atoms with Crippen molar-refractivity contribution in [3.63, 3.8) is 0 Å². The number of piperidine rings is 1. The van der Waals surface area contributed by atoms with Crippen molar-refractivity contribution in [3.05, 3.63) is 42.5 Å². The quantitative estimate of drug-likeness (QED) is 0.897. The zero-order valence-electron chi connectivity index (χ0n) is 15.4. The Morgan fingerprint density at radius 2 is 1.70 bits per heavy atom. The maximum atomic E-state index is 13.1. The van der Waals surface area contributed by atoms with E-state index in [1.165, 1.54) is 25.0 Å². The van der Waals surface area contributed by atoms with Gasteiger partial charge in [0.25, 0.3) is 0 Å². The molecule has 2 aromatic rings. The van der Waals surface area contributed by atoms with Gasteiger partial charge in [0.1, 0.15) is 5.82 Å². The molecule has 1 aromatic carbocycles. The van der Waals surface area contributed by atoms with Gasteiger partial charge in [-0.2, -0.15) is 0 Å². The lowest BCUT2D eigenvalue weighted by atomic mass is 9.97. The standard InChI is InChI=1S/C21H25FN4O/c22-18-9-7-15(8-10-18)17-12-23-21(24-13-17)26-11-3-4-16(14-26)20(27)25-19-5-1-2-6-19/h7-10,12-13,16,19H,1-6,11,14H2,(H,25,27)/t16-/m0/s1. The minimum Gasteiger partial charge on any atom is -0.353 e. The molecule has 1 saturated heterocycles. The number of hydrogen-bond acceptors (Lipinski definition) is 4. The summed E-state index contributed by atoms with van der Waals surface area (Å²) in [5.74, 6) is 0.569. The first-order valence-electron chi connectivity index (χ1n) is 9.82. The summed E-state index contributed by atoms with van der Waals surface area (Å²) >= 11 is 0. The SMILES string of the molecule is O=C(NC1CCCC1)[C@H]1CCCN(c2ncc(-c3ccc(F)cc3)cn2)C1. The normalized spacial score (nSPS) is 20.6. The summed E-state index contributed by atoms with van der Waals surface area (Å²) in [6, 6.07) is 6.66. The van der Waals surface area contributed by atoms with E-state index in [0.29, 0.717) is 18.5 Å². The van der Waals surface area contributed by atoms with Crippen molar-refractivity contribution in [2.45, 2.75) is 44.6 Å². The van der Waals surface area contributed by atoms with Crippen LogP contribution in [0.3, 0.4) is 0 Å². The molecule has 1 aliphatic carbocycles. The molecule has 1 atom stereocenters. The zero-order chi connectivity index (χ0) is 18.6. The summed E-state index contributed by atoms with van der Waals surface area (Å²) in [7, 11) is 0. The fourth-order valence-electron chi connectivity index (χ4n) is 4.04. The molecule has 0 spiro atoms. The van der Waals surface area contributed by atoms with E-state index in [4.69, 9.17) is 0 Å². The molecule has 6 heteroatoms. The number of aromatic nitrogens is 2. The maximum Gasteiger partial charge on any atom is 0.225 e. The number of carbonyl (C=O) groups excluding carboxylic acids is 1. The highest BCUT2D eigenvalue weighted by molar-refractivity contribution is 5.79. The van der Waals surface area contributed by atoms with Crippen molar-refractivity contribution in [1.82, 2.24) is 15.3 Å². The Morgan fingerprint density at radius 1 is 1.00 bits per heavy atom. The molecule has 5 nitrogen and oxygen atoms in total. The predicted octanol–water partition coefficient (Wildman–Crippen LogP) is 3.56. The topological polar surface area (TPSA) is 58.1 Å². The predicted molar refractivity (Wildman–Crippen MR) is 103 cm³/mol. The Balaban J connectivity index is 1.40. The van der Waals surface area contributed by atoms with Gasteiger partial charge >= 0.3 is 0 Å². The third kappa shape index (κ3) is 4.26. The van der Waals surface area contributed by atoms with Gasteiger partial charge in [0.15, 0.2) is 0 Å². The van der Waals surface area contributed by atoms with Crippen LogP contribution >= 0.6 is 0 Å². The first-order valence-corrected chi connectivity index (χ1v) is 9.82. The fraction of sp³-hybridized carbons (Fsp3) is 0.476. The molecular weight excluding hydrogens is 343 g/mol. The van der Waals surface area contributed by atoms with E-state index in [2.05, 4.69) is 20.2 Å². The lowest BCUT2D eigenvalue weighted by Crippen LogP contribution is -2.45. The molecule has 2 fully saturated rings. The lowest BCUT2D eigenvalue weighted by molar-refractivity contribution is -0.125. The van der Waals surface area contributed by atoms with Crippen molar-refractivity contribution in [1.29, 1.82) is 0 Å². The van der Waals surface area contributed by atoms with Crippen LogP contribution < -0.4 is 10.2 Å². The van der Waals surface area contributed by atoms with E-state index in [1.54, 1.807) is 24.5 Å². The average molecular weight is 368 g/mol. The van der Waals surface area contributed by atoms with Crippen LogP contribution in [-0.2, 0) is 4.79 Å². The molecule has 0 radical (unpaired) electrons. The average Bonchev–Trinajstić information content (AvgIpc) is 3.22. The first-order chi connectivity index (χ1) is 13.2. The molecule has 1 amide bonds. The number of rotatable bonds is 4. The number of nitrogens with zero attached hydrogens (tertiary/aromatic N) is 3. The molecular formula is C21H25FN4O. The summed E-state index contributed by atoms with van der Waals surface area (Å²) in [6.07, 6.45) is 10.1. The number of anilines is 1. The maximum absolute atomic E-state index is 13.1. The van der Waals surface area contributed by atoms with Crippen molar-refractivity contribution in [2.24, 2.45) is 5.92 Å². The van der Waals surface area contributed by atoms with Gasteiger partial charge in [0.2, 0.25) is 11.9 Å². The summed E-state index contributed by atoms with van der Waals surface area (Å²) in [5.41, 5.74) is 1.74. The van der Waals surface area contributed by atoms with Crippen LogP contribution in [0.4, 0.5) is 10.3 Å². The Bertz CT molecular complexity index is 772. The molecule has 1 saturated carbocycles. The molecule has 0 unspecified atom stereocenters. The van der Waals surface area contributed by atoms with Crippen LogP contribution in [-0.4, -0.2) is 35.0 Å². The van der Waals surface area contributed by atoms with Gasteiger partial charge in [-0.1, -0.05) is 25.0 Å². The number of hydrogen-bond donors (Lipinski definition) is 1. The van der Waals surface area contributed by atoms with Crippen molar-refractivity contribution in [2.75, 3.05) is 18.0 Å². The molecule has 142 valence electrons. The largest absolute Gasteiger partial charge is 0.353 e. The second-order valence-corrected chi connectivity index (χ2v) is 7.55. The Kier molecular flexibility index (Phi) is 5.32. The van der Waals surface area contributed by atoms with Crippen molar-refractivity contribution >= 4 is 11.9 Å². The monoisotopic (exact) mass is 368 g/mol. The molecule has 4 rings (SSSR count). The van der Waals surface area contributed by atoms with Crippen LogP contribution in [0.5, 0.6) is 0 Å². The van der Waals surface area contributed by atoms with E-state index in [0.717, 1.165) is 43.4 Å². The van der Waals surface area contributed by atoms with E-state index in [9.17, 15) is 9.18 Å². The Hall–Kier alpha value is -2.50. The van der Waals surface area contributed by atoms with E-state index < -0.39 is 0 Å². The number of amides is 1. The van der Waals surface area contributed by atoms with E-state index in [1.807, 2.05) is 0 Å². The van der Waals surface area contributed by atoms with Gasteiger partial charge in [-0.25, -0.2) is 14.4 Å². The van der Waals surface area contributed by atoms with Gasteiger partial charge in [-0.3, -0.25) is 4.79 Å². The highest BCUT2D eigenvalue weighted by atomic mass is 19.1. The van der Waals surface area contributed by atoms with Crippen LogP contribution in [0.1, 0.15) is 38.5 Å². The van der Waals surface area contributed by atoms with Gasteiger partial charge in [-0.15, -0.1) is 0 Å². The van der Waals surface area contributed by atoms with Gasteiger partial charge < -0.3 is 10.2 Å². The molecule has 27 heavy (non-hydrogen) atoms. The second kappa shape index (κ2) is 8.03. The minimum absolute atomic E-state index is 0.000255. The van der Waals surface area contributed by atoms with Crippen LogP contribution in [0.15, 0.2) is 36.7 Å². The third-order valence-corrected chi connectivity index (χ3v) is 5.59. The number of benzene rings is 1. The lowest BCUT2D eigenvalue weighted by Gasteiger charge is -2.32. The molecule has 2 aliphatic rings. The Morgan fingerprint density at radius 3 is 2.41 bits per heavy atom. The molecule has 2 heterocycles. The summed E-state index contributed by atoms with van der Waals surface area (Å²) in [6.45, 7) is 1.53. The Labute approximate surface area is 159 Å². The second-order valence-electron chi connectivity index (χ2n) is 7.55. The smallest absolute Gasteiger partial charge is 0.225 e. The molecule has 1 aromatic heterocycles. The van der Waals surface area contributed by atoms with Crippen molar-refractivity contribution < 1.29 is 9.18 Å². The third-order valence-electron chi connectivity index (χ3n) is 5.59. The first kappa shape index (κ1) is 17.9. The zero-order valence-corrected chi connectivity index (χ0v) is 15.4. The van der Waals surface area contributed by atoms with E-state index >= 15 is 0 Å². The highest BCUT2D eigenvalue weighted by Gasteiger charge is 2.29. The number of halogens is 1. The van der Waals surface area contributed by atoms with Crippen molar-refractivity contribution in [3.8, 4) is 11.1 Å². The van der Waals surface area contributed by atoms with Gasteiger partial charge in [0.05, 0.1) is 5.92 Å². The van der Waals surface area contributed by atoms with Gasteiger partial charge in [0, 0.05) is 37.1 Å². The molecule has 1 N–H and O–H groups in total. The summed E-state index contributed by atoms with van der Waals surface area (Å²) in [5, 5.41) is 3.22. The number of carbonyl (C=O) groups is 1. The van der Waals surface area contributed by atoms with E-state index in [-0.39, 0.29) is 17.6 Å². The molecule has 1 aliphatic heterocycles. The van der Waals surface area contributed by atoms with Crippen LogP contribution in [0, 0.1) is 11.7 Å².